The van der Waals surface area contributed by atoms with E-state index in [0.717, 1.165) is 29.8 Å². The van der Waals surface area contributed by atoms with Gasteiger partial charge in [0.15, 0.2) is 0 Å². The summed E-state index contributed by atoms with van der Waals surface area (Å²) in [6.07, 6.45) is 1.09. The van der Waals surface area contributed by atoms with E-state index in [-0.39, 0.29) is 0 Å². The highest BCUT2D eigenvalue weighted by molar-refractivity contribution is 9.10. The van der Waals surface area contributed by atoms with Crippen molar-refractivity contribution in [3.8, 4) is 6.07 Å². The Labute approximate surface area is 110 Å². The van der Waals surface area contributed by atoms with E-state index < -0.39 is 0 Å². The molecule has 0 bridgehead atoms. The summed E-state index contributed by atoms with van der Waals surface area (Å²) in [5.41, 5.74) is 1.57. The first-order valence-electron chi connectivity index (χ1n) is 5.74. The third-order valence-electron chi connectivity index (χ3n) is 3.16. The predicted octanol–water partition coefficient (Wildman–Crippen LogP) is 3.16. The SMILES string of the molecule is CC(Nc1cc(Br)ccc1C#N)C1CCOC1. The van der Waals surface area contributed by atoms with E-state index in [9.17, 15) is 0 Å². The fourth-order valence-electron chi connectivity index (χ4n) is 2.04. The van der Waals surface area contributed by atoms with Crippen molar-refractivity contribution >= 4 is 21.6 Å². The minimum atomic E-state index is 0.318. The van der Waals surface area contributed by atoms with Gasteiger partial charge < -0.3 is 10.1 Å². The van der Waals surface area contributed by atoms with Gasteiger partial charge in [0.1, 0.15) is 6.07 Å². The van der Waals surface area contributed by atoms with Crippen molar-refractivity contribution in [2.45, 2.75) is 19.4 Å². The zero-order valence-corrected chi connectivity index (χ0v) is 11.3. The van der Waals surface area contributed by atoms with E-state index in [1.165, 1.54) is 0 Å². The predicted molar refractivity (Wildman–Crippen MR) is 70.9 cm³/mol. The smallest absolute Gasteiger partial charge is 0.101 e. The molecule has 1 aliphatic rings. The maximum atomic E-state index is 9.06. The molecule has 0 aromatic heterocycles. The summed E-state index contributed by atoms with van der Waals surface area (Å²) in [6, 6.07) is 8.18. The number of hydrogen-bond acceptors (Lipinski definition) is 3. The summed E-state index contributed by atoms with van der Waals surface area (Å²) in [6.45, 7) is 3.80. The molecule has 1 heterocycles. The molecule has 2 unspecified atom stereocenters. The Hall–Kier alpha value is -1.05. The standard InChI is InChI=1S/C13H15BrN2O/c1-9(11-4-5-17-8-11)16-13-6-12(14)3-2-10(13)7-15/h2-3,6,9,11,16H,4-5,8H2,1H3. The molecule has 0 amide bonds. The molecule has 0 aliphatic carbocycles. The first-order valence-corrected chi connectivity index (χ1v) is 6.54. The van der Waals surface area contributed by atoms with E-state index in [2.05, 4.69) is 34.2 Å². The summed E-state index contributed by atoms with van der Waals surface area (Å²) in [7, 11) is 0. The van der Waals surface area contributed by atoms with Crippen molar-refractivity contribution in [1.29, 1.82) is 5.26 Å². The number of anilines is 1. The van der Waals surface area contributed by atoms with Gasteiger partial charge >= 0.3 is 0 Å². The number of nitrogens with zero attached hydrogens (tertiary/aromatic N) is 1. The molecule has 1 N–H and O–H groups in total. The van der Waals surface area contributed by atoms with Crippen molar-refractivity contribution < 1.29 is 4.74 Å². The van der Waals surface area contributed by atoms with Gasteiger partial charge in [0.25, 0.3) is 0 Å². The summed E-state index contributed by atoms with van der Waals surface area (Å²) in [4.78, 5) is 0. The molecule has 17 heavy (non-hydrogen) atoms. The molecule has 2 atom stereocenters. The molecular formula is C13H15BrN2O. The molecule has 1 fully saturated rings. The van der Waals surface area contributed by atoms with Crippen LogP contribution in [0.2, 0.25) is 0 Å². The maximum Gasteiger partial charge on any atom is 0.101 e. The molecule has 0 spiro atoms. The minimum Gasteiger partial charge on any atom is -0.381 e. The summed E-state index contributed by atoms with van der Waals surface area (Å²) >= 11 is 3.42. The molecule has 0 radical (unpaired) electrons. The molecule has 90 valence electrons. The van der Waals surface area contributed by atoms with Crippen molar-refractivity contribution in [3.05, 3.63) is 28.2 Å². The molecule has 4 heteroatoms. The molecule has 1 aliphatic heterocycles. The number of nitriles is 1. The van der Waals surface area contributed by atoms with Gasteiger partial charge in [-0.25, -0.2) is 0 Å². The van der Waals surface area contributed by atoms with Crippen LogP contribution in [0.15, 0.2) is 22.7 Å². The number of ether oxygens (including phenoxy) is 1. The van der Waals surface area contributed by atoms with Crippen LogP contribution in [0.5, 0.6) is 0 Å². The van der Waals surface area contributed by atoms with Crippen LogP contribution in [0.25, 0.3) is 0 Å². The lowest BCUT2D eigenvalue weighted by atomic mass is 10.00. The van der Waals surface area contributed by atoms with Gasteiger partial charge in [-0.3, -0.25) is 0 Å². The average Bonchev–Trinajstić information content (AvgIpc) is 2.83. The molecule has 2 rings (SSSR count). The van der Waals surface area contributed by atoms with Crippen molar-refractivity contribution in [2.24, 2.45) is 5.92 Å². The highest BCUT2D eigenvalue weighted by atomic mass is 79.9. The Balaban J connectivity index is 2.11. The van der Waals surface area contributed by atoms with Crippen molar-refractivity contribution in [2.75, 3.05) is 18.5 Å². The Morgan fingerprint density at radius 3 is 3.06 bits per heavy atom. The summed E-state index contributed by atoms with van der Waals surface area (Å²) < 4.78 is 6.36. The number of benzene rings is 1. The van der Waals surface area contributed by atoms with Crippen LogP contribution in [0.1, 0.15) is 18.9 Å². The fourth-order valence-corrected chi connectivity index (χ4v) is 2.40. The maximum absolute atomic E-state index is 9.06. The van der Waals surface area contributed by atoms with Gasteiger partial charge in [0, 0.05) is 23.0 Å². The normalized spacial score (nSPS) is 20.9. The monoisotopic (exact) mass is 294 g/mol. The Bertz CT molecular complexity index is 436. The van der Waals surface area contributed by atoms with E-state index in [1.54, 1.807) is 0 Å². The van der Waals surface area contributed by atoms with Crippen LogP contribution in [-0.2, 0) is 4.74 Å². The van der Waals surface area contributed by atoms with Crippen molar-refractivity contribution in [1.82, 2.24) is 0 Å². The van der Waals surface area contributed by atoms with E-state index in [0.29, 0.717) is 17.5 Å². The van der Waals surface area contributed by atoms with E-state index in [1.807, 2.05) is 18.2 Å². The van der Waals surface area contributed by atoms with Gasteiger partial charge in [-0.2, -0.15) is 5.26 Å². The zero-order valence-electron chi connectivity index (χ0n) is 9.74. The van der Waals surface area contributed by atoms with Crippen LogP contribution in [0, 0.1) is 17.2 Å². The van der Waals surface area contributed by atoms with Crippen LogP contribution in [0.4, 0.5) is 5.69 Å². The minimum absolute atomic E-state index is 0.318. The Morgan fingerprint density at radius 2 is 2.41 bits per heavy atom. The Kier molecular flexibility index (Phi) is 4.03. The second kappa shape index (κ2) is 5.52. The lowest BCUT2D eigenvalue weighted by molar-refractivity contribution is 0.183. The highest BCUT2D eigenvalue weighted by Crippen LogP contribution is 2.25. The quantitative estimate of drug-likeness (QED) is 0.931. The third kappa shape index (κ3) is 2.99. The van der Waals surface area contributed by atoms with Gasteiger partial charge in [0.05, 0.1) is 17.9 Å². The third-order valence-corrected chi connectivity index (χ3v) is 3.65. The number of nitrogens with one attached hydrogen (secondary N) is 1. The van der Waals surface area contributed by atoms with Crippen LogP contribution in [-0.4, -0.2) is 19.3 Å². The largest absolute Gasteiger partial charge is 0.381 e. The average molecular weight is 295 g/mol. The fraction of sp³-hybridized carbons (Fsp3) is 0.462. The van der Waals surface area contributed by atoms with E-state index in [4.69, 9.17) is 10.00 Å². The second-order valence-electron chi connectivity index (χ2n) is 4.36. The lowest BCUT2D eigenvalue weighted by Gasteiger charge is -2.21. The van der Waals surface area contributed by atoms with Crippen LogP contribution >= 0.6 is 15.9 Å². The van der Waals surface area contributed by atoms with Gasteiger partial charge in [-0.05, 0) is 31.5 Å². The highest BCUT2D eigenvalue weighted by Gasteiger charge is 2.22. The number of rotatable bonds is 3. The van der Waals surface area contributed by atoms with Gasteiger partial charge in [0.2, 0.25) is 0 Å². The topological polar surface area (TPSA) is 45.0 Å². The molecule has 1 aromatic carbocycles. The number of hydrogen-bond donors (Lipinski definition) is 1. The Morgan fingerprint density at radius 1 is 1.59 bits per heavy atom. The van der Waals surface area contributed by atoms with Crippen molar-refractivity contribution in [3.63, 3.8) is 0 Å². The summed E-state index contributed by atoms with van der Waals surface area (Å²) in [5.74, 6) is 0.528. The van der Waals surface area contributed by atoms with Gasteiger partial charge in [-0.1, -0.05) is 15.9 Å². The second-order valence-corrected chi connectivity index (χ2v) is 5.27. The molecule has 1 saturated heterocycles. The molecule has 0 saturated carbocycles. The first kappa shape index (κ1) is 12.4. The molecular weight excluding hydrogens is 280 g/mol. The van der Waals surface area contributed by atoms with Crippen LogP contribution < -0.4 is 5.32 Å². The molecule has 3 nitrogen and oxygen atoms in total. The molecule has 1 aromatic rings. The van der Waals surface area contributed by atoms with E-state index >= 15 is 0 Å². The number of halogens is 1. The lowest BCUT2D eigenvalue weighted by Crippen LogP contribution is -2.26. The van der Waals surface area contributed by atoms with Crippen LogP contribution in [0.3, 0.4) is 0 Å². The zero-order chi connectivity index (χ0) is 12.3. The first-order chi connectivity index (χ1) is 8.20. The summed E-state index contributed by atoms with van der Waals surface area (Å²) in [5, 5.41) is 12.5. The van der Waals surface area contributed by atoms with Gasteiger partial charge in [-0.15, -0.1) is 0 Å².